The fourth-order valence-corrected chi connectivity index (χ4v) is 1.76. The summed E-state index contributed by atoms with van der Waals surface area (Å²) in [6.45, 7) is -0.342. The number of rotatable bonds is 8. The zero-order chi connectivity index (χ0) is 15.2. The predicted molar refractivity (Wildman–Crippen MR) is 68.2 cm³/mol. The molecule has 0 spiro atoms. The van der Waals surface area contributed by atoms with Crippen LogP contribution in [0.4, 0.5) is 10.3 Å². The number of Topliss-reactive ketones (excluding diaryl/α,β-unsaturated/α-hetero) is 1. The number of imidazole rings is 1. The molecule has 2 heterocycles. The maximum Gasteiger partial charge on any atom is 0.434 e. The van der Waals surface area contributed by atoms with Gasteiger partial charge in [0.1, 0.15) is 18.9 Å². The molecule has 0 saturated carbocycles. The minimum Gasteiger partial charge on any atom is -0.390 e. The number of halogens is 1. The molecule has 0 unspecified atom stereocenters. The highest BCUT2D eigenvalue weighted by Crippen LogP contribution is 2.08. The Kier molecular flexibility index (Phi) is 4.69. The Labute approximate surface area is 118 Å². The van der Waals surface area contributed by atoms with Crippen LogP contribution in [0, 0.1) is 10.1 Å². The molecule has 2 aromatic rings. The number of nitrogens with zero attached hydrogens (tertiary/aromatic N) is 6. The van der Waals surface area contributed by atoms with E-state index in [-0.39, 0.29) is 31.1 Å². The van der Waals surface area contributed by atoms with E-state index in [0.29, 0.717) is 12.2 Å². The highest BCUT2D eigenvalue weighted by molar-refractivity contribution is 5.78. The molecule has 21 heavy (non-hydrogen) atoms. The van der Waals surface area contributed by atoms with Gasteiger partial charge in [-0.3, -0.25) is 13.9 Å². The molecule has 0 amide bonds. The molecule has 0 aliphatic heterocycles. The number of hydrogen-bond donors (Lipinski definition) is 0. The summed E-state index contributed by atoms with van der Waals surface area (Å²) in [7, 11) is 0. The molecule has 0 radical (unpaired) electrons. The van der Waals surface area contributed by atoms with Gasteiger partial charge in [-0.05, 0) is 4.92 Å². The molecule has 0 saturated heterocycles. The second-order valence-electron chi connectivity index (χ2n) is 4.31. The molecule has 2 rings (SSSR count). The largest absolute Gasteiger partial charge is 0.434 e. The van der Waals surface area contributed by atoms with Crippen LogP contribution in [-0.2, 0) is 24.3 Å². The molecule has 0 bridgehead atoms. The van der Waals surface area contributed by atoms with Crippen molar-refractivity contribution in [3.05, 3.63) is 34.4 Å². The van der Waals surface area contributed by atoms with E-state index < -0.39 is 11.6 Å². The lowest BCUT2D eigenvalue weighted by atomic mass is 10.3. The Morgan fingerprint density at radius 2 is 2.29 bits per heavy atom. The van der Waals surface area contributed by atoms with E-state index in [1.807, 2.05) is 0 Å². The summed E-state index contributed by atoms with van der Waals surface area (Å²) in [5, 5.41) is 18.2. The van der Waals surface area contributed by atoms with Crippen molar-refractivity contribution in [1.29, 1.82) is 0 Å². The average molecular weight is 295 g/mol. The molecule has 9 nitrogen and oxygen atoms in total. The quantitative estimate of drug-likeness (QED) is 0.520. The predicted octanol–water partition coefficient (Wildman–Crippen LogP) is 0.554. The number of carbonyl (C=O) groups excluding carboxylic acids is 1. The van der Waals surface area contributed by atoms with Crippen LogP contribution in [0.25, 0.3) is 0 Å². The van der Waals surface area contributed by atoms with Crippen LogP contribution in [0.1, 0.15) is 12.1 Å². The van der Waals surface area contributed by atoms with Crippen molar-refractivity contribution in [1.82, 2.24) is 24.5 Å². The molecular formula is C11H13FN6O3. The zero-order valence-corrected chi connectivity index (χ0v) is 11.1. The van der Waals surface area contributed by atoms with Crippen molar-refractivity contribution < 1.29 is 14.1 Å². The highest BCUT2D eigenvalue weighted by atomic mass is 18.2. The Balaban J connectivity index is 1.86. The van der Waals surface area contributed by atoms with Crippen LogP contribution in [0.2, 0.25) is 0 Å². The van der Waals surface area contributed by atoms with Gasteiger partial charge in [0.15, 0.2) is 5.78 Å². The average Bonchev–Trinajstić information content (AvgIpc) is 3.06. The lowest BCUT2D eigenvalue weighted by Crippen LogP contribution is -2.14. The van der Waals surface area contributed by atoms with Crippen molar-refractivity contribution in [3.8, 4) is 0 Å². The van der Waals surface area contributed by atoms with Gasteiger partial charge in [0.25, 0.3) is 0 Å². The van der Waals surface area contributed by atoms with Crippen LogP contribution >= 0.6 is 0 Å². The van der Waals surface area contributed by atoms with Gasteiger partial charge in [0.05, 0.1) is 12.4 Å². The first kappa shape index (κ1) is 14.8. The fourth-order valence-electron chi connectivity index (χ4n) is 1.76. The smallest absolute Gasteiger partial charge is 0.390 e. The summed E-state index contributed by atoms with van der Waals surface area (Å²) in [5.41, 5.74) is 0.523. The Bertz CT molecular complexity index is 637. The molecule has 0 aromatic carbocycles. The number of alkyl halides is 1. The first-order valence-electron chi connectivity index (χ1n) is 6.22. The van der Waals surface area contributed by atoms with Crippen LogP contribution in [0.15, 0.2) is 18.6 Å². The maximum absolute atomic E-state index is 12.1. The van der Waals surface area contributed by atoms with Gasteiger partial charge in [-0.25, -0.2) is 4.57 Å². The normalized spacial score (nSPS) is 10.7. The lowest BCUT2D eigenvalue weighted by molar-refractivity contribution is -0.396. The summed E-state index contributed by atoms with van der Waals surface area (Å²) < 4.78 is 14.8. The van der Waals surface area contributed by atoms with Crippen molar-refractivity contribution in [2.45, 2.75) is 25.9 Å². The maximum atomic E-state index is 12.1. The zero-order valence-electron chi connectivity index (χ0n) is 11.1. The fraction of sp³-hybridized carbons (Fsp3) is 0.455. The monoisotopic (exact) mass is 295 g/mol. The molecule has 2 aromatic heterocycles. The highest BCUT2D eigenvalue weighted by Gasteiger charge is 2.16. The van der Waals surface area contributed by atoms with Crippen LogP contribution in [0.3, 0.4) is 0 Å². The molecule has 0 atom stereocenters. The molecule has 0 aliphatic rings. The van der Waals surface area contributed by atoms with Gasteiger partial charge in [-0.2, -0.15) is 0 Å². The van der Waals surface area contributed by atoms with Crippen LogP contribution in [0.5, 0.6) is 0 Å². The summed E-state index contributed by atoms with van der Waals surface area (Å²) >= 11 is 0. The number of ketones is 1. The third kappa shape index (κ3) is 3.91. The summed E-state index contributed by atoms with van der Waals surface area (Å²) in [6, 6.07) is 0. The SMILES string of the molecule is O=C(CCn1cc(CC[18F])nn1)Cn1ccnc1[N+](=O)[O-]. The van der Waals surface area contributed by atoms with Crippen LogP contribution in [-0.4, -0.2) is 41.9 Å². The number of hydrogen-bond acceptors (Lipinski definition) is 6. The molecule has 0 N–H and O–H groups in total. The van der Waals surface area contributed by atoms with E-state index in [1.54, 1.807) is 6.20 Å². The standard InChI is InChI=1S/C11H13FN6O3/c12-3-1-9-7-17(15-14-9)5-2-10(19)8-16-6-4-13-11(16)18(20)21/h4,6-7H,1-3,5,8H2/i12-1. The van der Waals surface area contributed by atoms with E-state index >= 15 is 0 Å². The number of nitro groups is 1. The minimum absolute atomic E-state index is 0.123. The number of carbonyl (C=O) groups is 1. The van der Waals surface area contributed by atoms with E-state index in [1.165, 1.54) is 21.6 Å². The van der Waals surface area contributed by atoms with Crippen molar-refractivity contribution in [3.63, 3.8) is 0 Å². The first-order valence-corrected chi connectivity index (χ1v) is 6.22. The van der Waals surface area contributed by atoms with E-state index in [2.05, 4.69) is 15.3 Å². The van der Waals surface area contributed by atoms with E-state index in [0.717, 1.165) is 0 Å². The topological polar surface area (TPSA) is 109 Å². The van der Waals surface area contributed by atoms with Gasteiger partial charge >= 0.3 is 5.95 Å². The third-order valence-corrected chi connectivity index (χ3v) is 2.76. The van der Waals surface area contributed by atoms with Crippen molar-refractivity contribution in [2.75, 3.05) is 6.67 Å². The van der Waals surface area contributed by atoms with Crippen molar-refractivity contribution in [2.24, 2.45) is 0 Å². The molecule has 0 fully saturated rings. The second kappa shape index (κ2) is 6.68. The Hall–Kier alpha value is -2.65. The summed E-state index contributed by atoms with van der Waals surface area (Å²) in [6.07, 6.45) is 4.56. The Morgan fingerprint density at radius 1 is 1.48 bits per heavy atom. The number of aromatic nitrogens is 5. The van der Waals surface area contributed by atoms with Gasteiger partial charge < -0.3 is 10.1 Å². The van der Waals surface area contributed by atoms with Gasteiger partial charge in [0.2, 0.25) is 0 Å². The van der Waals surface area contributed by atoms with E-state index in [4.69, 9.17) is 0 Å². The van der Waals surface area contributed by atoms with Crippen molar-refractivity contribution >= 4 is 11.7 Å². The molecule has 10 heteroatoms. The lowest BCUT2D eigenvalue weighted by Gasteiger charge is -2.01. The minimum atomic E-state index is -0.645. The number of aryl methyl sites for hydroxylation is 2. The van der Waals surface area contributed by atoms with Gasteiger partial charge in [-0.1, -0.05) is 10.2 Å². The van der Waals surface area contributed by atoms with E-state index in [9.17, 15) is 19.3 Å². The second-order valence-corrected chi connectivity index (χ2v) is 4.31. The first-order chi connectivity index (χ1) is 10.1. The Morgan fingerprint density at radius 3 is 3.00 bits per heavy atom. The molecule has 112 valence electrons. The van der Waals surface area contributed by atoms with Gasteiger partial charge in [0, 0.05) is 25.6 Å². The van der Waals surface area contributed by atoms with Crippen LogP contribution < -0.4 is 0 Å². The summed E-state index contributed by atoms with van der Waals surface area (Å²) in [5.74, 6) is -0.562. The molecule has 0 aliphatic carbocycles. The summed E-state index contributed by atoms with van der Waals surface area (Å²) in [4.78, 5) is 25.4. The van der Waals surface area contributed by atoms with Gasteiger partial charge in [-0.15, -0.1) is 5.10 Å². The molecular weight excluding hydrogens is 282 g/mol. The third-order valence-electron chi connectivity index (χ3n) is 2.76.